The van der Waals surface area contributed by atoms with E-state index in [0.717, 1.165) is 10.0 Å². The molecular formula is C15H13BrO4. The number of benzene rings is 2. The van der Waals surface area contributed by atoms with E-state index in [1.54, 1.807) is 25.1 Å². The van der Waals surface area contributed by atoms with Gasteiger partial charge in [-0.05, 0) is 31.2 Å². The molecule has 3 rings (SSSR count). The molecule has 1 unspecified atom stereocenters. The summed E-state index contributed by atoms with van der Waals surface area (Å²) in [7, 11) is 0. The summed E-state index contributed by atoms with van der Waals surface area (Å²) in [6.07, 6.45) is -0.605. The molecular weight excluding hydrogens is 324 g/mol. The van der Waals surface area contributed by atoms with Gasteiger partial charge in [0.05, 0.1) is 6.10 Å². The molecule has 1 N–H and O–H groups in total. The Morgan fingerprint density at radius 3 is 2.75 bits per heavy atom. The quantitative estimate of drug-likeness (QED) is 0.919. The summed E-state index contributed by atoms with van der Waals surface area (Å²) in [6, 6.07) is 10.9. The molecule has 104 valence electrons. The largest absolute Gasteiger partial charge is 0.457 e. The second kappa shape index (κ2) is 5.34. The summed E-state index contributed by atoms with van der Waals surface area (Å²) < 4.78 is 17.3. The van der Waals surface area contributed by atoms with Gasteiger partial charge in [-0.2, -0.15) is 0 Å². The normalized spacial score (nSPS) is 14.2. The van der Waals surface area contributed by atoms with Crippen LogP contribution in [0, 0.1) is 0 Å². The molecule has 0 bridgehead atoms. The SMILES string of the molecule is CC(O)c1ccc(Br)cc1Oc1ccc2c(c1)OCO2. The summed E-state index contributed by atoms with van der Waals surface area (Å²) in [4.78, 5) is 0. The number of ether oxygens (including phenoxy) is 3. The summed E-state index contributed by atoms with van der Waals surface area (Å²) in [6.45, 7) is 1.93. The Labute approximate surface area is 125 Å². The first kappa shape index (κ1) is 13.3. The van der Waals surface area contributed by atoms with Gasteiger partial charge in [0, 0.05) is 16.1 Å². The van der Waals surface area contributed by atoms with Gasteiger partial charge in [0.25, 0.3) is 0 Å². The van der Waals surface area contributed by atoms with Crippen molar-refractivity contribution < 1.29 is 19.3 Å². The minimum Gasteiger partial charge on any atom is -0.457 e. The highest BCUT2D eigenvalue weighted by Crippen LogP contribution is 2.38. The van der Waals surface area contributed by atoms with Crippen LogP contribution in [0.3, 0.4) is 0 Å². The lowest BCUT2D eigenvalue weighted by Crippen LogP contribution is -1.96. The highest BCUT2D eigenvalue weighted by Gasteiger charge is 2.15. The molecule has 20 heavy (non-hydrogen) atoms. The smallest absolute Gasteiger partial charge is 0.231 e. The first-order chi connectivity index (χ1) is 9.63. The number of halogens is 1. The lowest BCUT2D eigenvalue weighted by atomic mass is 10.1. The van der Waals surface area contributed by atoms with Gasteiger partial charge in [-0.25, -0.2) is 0 Å². The van der Waals surface area contributed by atoms with Gasteiger partial charge in [-0.3, -0.25) is 0 Å². The first-order valence-corrected chi connectivity index (χ1v) is 6.98. The highest BCUT2D eigenvalue weighted by atomic mass is 79.9. The van der Waals surface area contributed by atoms with Gasteiger partial charge in [-0.15, -0.1) is 0 Å². The van der Waals surface area contributed by atoms with Gasteiger partial charge in [0.15, 0.2) is 11.5 Å². The number of hydrogen-bond donors (Lipinski definition) is 1. The monoisotopic (exact) mass is 336 g/mol. The zero-order valence-electron chi connectivity index (χ0n) is 10.8. The molecule has 2 aromatic rings. The highest BCUT2D eigenvalue weighted by molar-refractivity contribution is 9.10. The molecule has 1 atom stereocenters. The zero-order chi connectivity index (χ0) is 14.1. The Morgan fingerprint density at radius 1 is 1.15 bits per heavy atom. The molecule has 0 saturated carbocycles. The molecule has 1 heterocycles. The molecule has 0 aliphatic carbocycles. The van der Waals surface area contributed by atoms with E-state index in [1.807, 2.05) is 18.2 Å². The van der Waals surface area contributed by atoms with Crippen LogP contribution in [0.5, 0.6) is 23.0 Å². The Balaban J connectivity index is 1.93. The average Bonchev–Trinajstić information content (AvgIpc) is 2.85. The molecule has 0 saturated heterocycles. The molecule has 0 fully saturated rings. The van der Waals surface area contributed by atoms with E-state index in [9.17, 15) is 5.11 Å². The lowest BCUT2D eigenvalue weighted by Gasteiger charge is -2.14. The number of hydrogen-bond acceptors (Lipinski definition) is 4. The van der Waals surface area contributed by atoms with Gasteiger partial charge >= 0.3 is 0 Å². The van der Waals surface area contributed by atoms with Crippen molar-refractivity contribution in [3.05, 3.63) is 46.4 Å². The third-order valence-corrected chi connectivity index (χ3v) is 3.49. The molecule has 0 aromatic heterocycles. The van der Waals surface area contributed by atoms with E-state index in [0.29, 0.717) is 23.0 Å². The summed E-state index contributed by atoms with van der Waals surface area (Å²) >= 11 is 3.40. The van der Waals surface area contributed by atoms with Crippen molar-refractivity contribution in [2.45, 2.75) is 13.0 Å². The van der Waals surface area contributed by atoms with Crippen LogP contribution in [0.1, 0.15) is 18.6 Å². The Kier molecular flexibility index (Phi) is 3.54. The van der Waals surface area contributed by atoms with Crippen LogP contribution < -0.4 is 14.2 Å². The van der Waals surface area contributed by atoms with Crippen LogP contribution >= 0.6 is 15.9 Å². The van der Waals surface area contributed by atoms with Crippen LogP contribution in [0.4, 0.5) is 0 Å². The molecule has 0 amide bonds. The number of fused-ring (bicyclic) bond motifs is 1. The van der Waals surface area contributed by atoms with Crippen molar-refractivity contribution in [1.82, 2.24) is 0 Å². The molecule has 0 radical (unpaired) electrons. The van der Waals surface area contributed by atoms with Crippen molar-refractivity contribution in [3.8, 4) is 23.0 Å². The Morgan fingerprint density at radius 2 is 1.95 bits per heavy atom. The van der Waals surface area contributed by atoms with Crippen molar-refractivity contribution in [3.63, 3.8) is 0 Å². The van der Waals surface area contributed by atoms with E-state index < -0.39 is 6.10 Å². The van der Waals surface area contributed by atoms with Crippen molar-refractivity contribution >= 4 is 15.9 Å². The Bertz CT molecular complexity index is 640. The van der Waals surface area contributed by atoms with Gasteiger partial charge in [-0.1, -0.05) is 22.0 Å². The fourth-order valence-electron chi connectivity index (χ4n) is 2.01. The minimum absolute atomic E-state index is 0.231. The molecule has 4 nitrogen and oxygen atoms in total. The summed E-state index contributed by atoms with van der Waals surface area (Å²) in [5, 5.41) is 9.79. The fourth-order valence-corrected chi connectivity index (χ4v) is 2.35. The van der Waals surface area contributed by atoms with Crippen molar-refractivity contribution in [2.24, 2.45) is 0 Å². The van der Waals surface area contributed by atoms with E-state index in [-0.39, 0.29) is 6.79 Å². The second-order valence-electron chi connectivity index (χ2n) is 4.48. The third-order valence-electron chi connectivity index (χ3n) is 3.00. The lowest BCUT2D eigenvalue weighted by molar-refractivity contribution is 0.174. The van der Waals surface area contributed by atoms with Crippen LogP contribution in [-0.4, -0.2) is 11.9 Å². The minimum atomic E-state index is -0.605. The van der Waals surface area contributed by atoms with E-state index in [4.69, 9.17) is 14.2 Å². The van der Waals surface area contributed by atoms with Gasteiger partial charge in [0.2, 0.25) is 6.79 Å². The predicted octanol–water partition coefficient (Wildman–Crippen LogP) is 4.02. The molecule has 0 spiro atoms. The number of aliphatic hydroxyl groups is 1. The second-order valence-corrected chi connectivity index (χ2v) is 5.39. The molecule has 1 aliphatic heterocycles. The molecule has 5 heteroatoms. The zero-order valence-corrected chi connectivity index (χ0v) is 12.4. The average molecular weight is 337 g/mol. The van der Waals surface area contributed by atoms with Crippen molar-refractivity contribution in [1.29, 1.82) is 0 Å². The number of rotatable bonds is 3. The van der Waals surface area contributed by atoms with Crippen LogP contribution in [0.2, 0.25) is 0 Å². The van der Waals surface area contributed by atoms with Gasteiger partial charge in [0.1, 0.15) is 11.5 Å². The van der Waals surface area contributed by atoms with Crippen molar-refractivity contribution in [2.75, 3.05) is 6.79 Å². The molecule has 2 aromatic carbocycles. The topological polar surface area (TPSA) is 47.9 Å². The van der Waals surface area contributed by atoms with Crippen LogP contribution in [-0.2, 0) is 0 Å². The van der Waals surface area contributed by atoms with E-state index in [1.165, 1.54) is 0 Å². The Hall–Kier alpha value is -1.72. The van der Waals surface area contributed by atoms with Crippen LogP contribution in [0.15, 0.2) is 40.9 Å². The van der Waals surface area contributed by atoms with E-state index >= 15 is 0 Å². The summed E-state index contributed by atoms with van der Waals surface area (Å²) in [5.74, 6) is 2.61. The van der Waals surface area contributed by atoms with Gasteiger partial charge < -0.3 is 19.3 Å². The predicted molar refractivity (Wildman–Crippen MR) is 77.4 cm³/mol. The maximum absolute atomic E-state index is 9.79. The van der Waals surface area contributed by atoms with Crippen LogP contribution in [0.25, 0.3) is 0 Å². The standard InChI is InChI=1S/C15H13BrO4/c1-9(17)12-4-2-10(16)6-14(12)20-11-3-5-13-15(7-11)19-8-18-13/h2-7,9,17H,8H2,1H3. The maximum atomic E-state index is 9.79. The first-order valence-electron chi connectivity index (χ1n) is 6.18. The van der Waals surface area contributed by atoms with E-state index in [2.05, 4.69) is 15.9 Å². The maximum Gasteiger partial charge on any atom is 0.231 e. The summed E-state index contributed by atoms with van der Waals surface area (Å²) in [5.41, 5.74) is 0.728. The molecule has 1 aliphatic rings. The number of aliphatic hydroxyl groups excluding tert-OH is 1. The fraction of sp³-hybridized carbons (Fsp3) is 0.200. The third kappa shape index (κ3) is 2.59.